The molecule has 0 aromatic rings. The van der Waals surface area contributed by atoms with Crippen LogP contribution in [-0.2, 0) is 14.3 Å². The van der Waals surface area contributed by atoms with Gasteiger partial charge in [0, 0.05) is 12.8 Å². The van der Waals surface area contributed by atoms with Crippen LogP contribution in [0.2, 0.25) is 0 Å². The van der Waals surface area contributed by atoms with Crippen LogP contribution in [0.3, 0.4) is 0 Å². The van der Waals surface area contributed by atoms with Gasteiger partial charge >= 0.3 is 5.97 Å². The van der Waals surface area contributed by atoms with Crippen molar-refractivity contribution in [1.29, 1.82) is 0 Å². The Morgan fingerprint density at radius 3 is 1.51 bits per heavy atom. The molecule has 6 nitrogen and oxygen atoms in total. The molecular weight excluding hydrogens is 659 g/mol. The van der Waals surface area contributed by atoms with Crippen molar-refractivity contribution in [3.63, 3.8) is 0 Å². The Kier molecular flexibility index (Phi) is 41.7. The van der Waals surface area contributed by atoms with Crippen LogP contribution in [0, 0.1) is 0 Å². The number of hydrogen-bond donors (Lipinski definition) is 3. The van der Waals surface area contributed by atoms with E-state index in [1.807, 2.05) is 0 Å². The molecule has 6 heteroatoms. The van der Waals surface area contributed by atoms with Gasteiger partial charge in [-0.3, -0.25) is 9.59 Å². The van der Waals surface area contributed by atoms with Crippen LogP contribution in [0.15, 0.2) is 24.3 Å². The summed E-state index contributed by atoms with van der Waals surface area (Å²) in [5.41, 5.74) is 0. The van der Waals surface area contributed by atoms with Gasteiger partial charge in [0.05, 0.1) is 25.4 Å². The molecule has 0 heterocycles. The fraction of sp³-hybridized carbons (Fsp3) is 0.872. The first-order valence-electron chi connectivity index (χ1n) is 23.1. The molecule has 53 heavy (non-hydrogen) atoms. The normalized spacial score (nSPS) is 12.9. The molecule has 2 unspecified atom stereocenters. The predicted molar refractivity (Wildman–Crippen MR) is 227 cm³/mol. The topological polar surface area (TPSA) is 95.9 Å². The molecule has 312 valence electrons. The summed E-state index contributed by atoms with van der Waals surface area (Å²) in [6.07, 6.45) is 48.4. The van der Waals surface area contributed by atoms with Gasteiger partial charge in [-0.1, -0.05) is 199 Å². The lowest BCUT2D eigenvalue weighted by Gasteiger charge is -2.22. The zero-order valence-electron chi connectivity index (χ0n) is 35.2. The van der Waals surface area contributed by atoms with Crippen molar-refractivity contribution in [2.45, 2.75) is 251 Å². The van der Waals surface area contributed by atoms with E-state index in [4.69, 9.17) is 4.74 Å². The lowest BCUT2D eigenvalue weighted by Crippen LogP contribution is -2.45. The van der Waals surface area contributed by atoms with Crippen molar-refractivity contribution in [1.82, 2.24) is 5.32 Å². The number of aliphatic hydroxyl groups is 2. The van der Waals surface area contributed by atoms with E-state index in [-0.39, 0.29) is 18.5 Å². The molecule has 2 atom stereocenters. The monoisotopic (exact) mass is 748 g/mol. The van der Waals surface area contributed by atoms with Crippen molar-refractivity contribution in [2.24, 2.45) is 0 Å². The maximum atomic E-state index is 12.4. The molecular formula is C47H89NO5. The quantitative estimate of drug-likeness (QED) is 0.0328. The second-order valence-electron chi connectivity index (χ2n) is 15.7. The number of allylic oxidation sites excluding steroid dienone is 4. The number of carbonyl (C=O) groups is 2. The second-order valence-corrected chi connectivity index (χ2v) is 15.7. The van der Waals surface area contributed by atoms with Crippen LogP contribution in [0.5, 0.6) is 0 Å². The van der Waals surface area contributed by atoms with E-state index in [9.17, 15) is 19.8 Å². The van der Waals surface area contributed by atoms with E-state index in [1.165, 1.54) is 135 Å². The fourth-order valence-electron chi connectivity index (χ4n) is 6.91. The number of nitrogens with one attached hydrogen (secondary N) is 1. The first-order valence-corrected chi connectivity index (χ1v) is 23.1. The first kappa shape index (κ1) is 51.3. The summed E-state index contributed by atoms with van der Waals surface area (Å²) in [4.78, 5) is 24.4. The van der Waals surface area contributed by atoms with Gasteiger partial charge in [0.1, 0.15) is 0 Å². The highest BCUT2D eigenvalue weighted by molar-refractivity contribution is 5.76. The average molecular weight is 748 g/mol. The number of carbonyl (C=O) groups excluding carboxylic acids is 2. The van der Waals surface area contributed by atoms with Gasteiger partial charge in [0.2, 0.25) is 5.91 Å². The SMILES string of the molecule is CCC/C=C\C/C=C\CCCCCCCC(=O)OCCCCCCCCCCCCC(=O)NC(CO)C(O)CCCCCCCCCCCCCCC. The summed E-state index contributed by atoms with van der Waals surface area (Å²) in [7, 11) is 0. The first-order chi connectivity index (χ1) is 26.0. The summed E-state index contributed by atoms with van der Waals surface area (Å²) in [6.45, 7) is 4.82. The minimum Gasteiger partial charge on any atom is -0.466 e. The Balaban J connectivity index is 3.50. The highest BCUT2D eigenvalue weighted by atomic mass is 16.5. The van der Waals surface area contributed by atoms with Crippen molar-refractivity contribution in [3.8, 4) is 0 Å². The maximum Gasteiger partial charge on any atom is 0.305 e. The molecule has 0 spiro atoms. The fourth-order valence-corrected chi connectivity index (χ4v) is 6.91. The Morgan fingerprint density at radius 2 is 0.981 bits per heavy atom. The van der Waals surface area contributed by atoms with Crippen LogP contribution in [0.4, 0.5) is 0 Å². The van der Waals surface area contributed by atoms with Crippen molar-refractivity contribution in [2.75, 3.05) is 13.2 Å². The predicted octanol–water partition coefficient (Wildman–Crippen LogP) is 13.2. The van der Waals surface area contributed by atoms with E-state index < -0.39 is 12.1 Å². The zero-order valence-corrected chi connectivity index (χ0v) is 35.2. The Morgan fingerprint density at radius 1 is 0.528 bits per heavy atom. The number of hydrogen-bond acceptors (Lipinski definition) is 5. The van der Waals surface area contributed by atoms with Gasteiger partial charge in [0.15, 0.2) is 0 Å². The van der Waals surface area contributed by atoms with E-state index in [1.54, 1.807) is 0 Å². The lowest BCUT2D eigenvalue weighted by molar-refractivity contribution is -0.143. The zero-order chi connectivity index (χ0) is 38.7. The summed E-state index contributed by atoms with van der Waals surface area (Å²) in [5, 5.41) is 23.1. The summed E-state index contributed by atoms with van der Waals surface area (Å²) < 4.78 is 5.43. The van der Waals surface area contributed by atoms with Crippen LogP contribution < -0.4 is 5.32 Å². The third-order valence-corrected chi connectivity index (χ3v) is 10.5. The molecule has 3 N–H and O–H groups in total. The molecule has 0 aliphatic carbocycles. The molecule has 0 saturated carbocycles. The second kappa shape index (κ2) is 43.1. The van der Waals surface area contributed by atoms with E-state index >= 15 is 0 Å². The highest BCUT2D eigenvalue weighted by Crippen LogP contribution is 2.15. The van der Waals surface area contributed by atoms with Gasteiger partial charge in [-0.05, 0) is 51.4 Å². The molecule has 0 aromatic heterocycles. The Bertz CT molecular complexity index is 828. The number of aliphatic hydroxyl groups excluding tert-OH is 2. The largest absolute Gasteiger partial charge is 0.466 e. The minimum absolute atomic E-state index is 0.0347. The van der Waals surface area contributed by atoms with Crippen LogP contribution in [0.25, 0.3) is 0 Å². The van der Waals surface area contributed by atoms with Crippen LogP contribution in [-0.4, -0.2) is 47.4 Å². The maximum absolute atomic E-state index is 12.4. The molecule has 0 aliphatic heterocycles. The molecule has 0 radical (unpaired) electrons. The number of unbranched alkanes of at least 4 members (excludes halogenated alkanes) is 27. The van der Waals surface area contributed by atoms with Gasteiger partial charge < -0.3 is 20.3 Å². The van der Waals surface area contributed by atoms with Crippen LogP contribution in [0.1, 0.15) is 239 Å². The average Bonchev–Trinajstić information content (AvgIpc) is 3.16. The summed E-state index contributed by atoms with van der Waals surface area (Å²) in [5.74, 6) is -0.0946. The smallest absolute Gasteiger partial charge is 0.305 e. The third kappa shape index (κ3) is 39.8. The molecule has 0 rings (SSSR count). The van der Waals surface area contributed by atoms with Gasteiger partial charge in [-0.15, -0.1) is 0 Å². The number of esters is 1. The molecule has 0 aliphatic rings. The van der Waals surface area contributed by atoms with E-state index in [0.29, 0.717) is 25.9 Å². The third-order valence-electron chi connectivity index (χ3n) is 10.5. The number of amides is 1. The van der Waals surface area contributed by atoms with E-state index in [0.717, 1.165) is 70.6 Å². The van der Waals surface area contributed by atoms with Gasteiger partial charge in [-0.25, -0.2) is 0 Å². The molecule has 0 aromatic carbocycles. The Hall–Kier alpha value is -1.66. The standard InChI is InChI=1S/C47H89NO5/c1-3-5-7-9-11-13-15-17-19-23-27-31-35-39-45(50)44(43-49)48-46(51)40-36-32-28-24-21-22-26-30-34-38-42-53-47(52)41-37-33-29-25-20-18-16-14-12-10-8-6-4-2/h8,10,14,16,44-45,49-50H,3-7,9,11-13,15,17-43H2,1-2H3,(H,48,51)/b10-8-,16-14-. The molecule has 1 amide bonds. The Labute approximate surface area is 329 Å². The van der Waals surface area contributed by atoms with Crippen molar-refractivity contribution >= 4 is 11.9 Å². The van der Waals surface area contributed by atoms with Crippen LogP contribution >= 0.6 is 0 Å². The van der Waals surface area contributed by atoms with Crippen molar-refractivity contribution in [3.05, 3.63) is 24.3 Å². The molecule has 0 bridgehead atoms. The lowest BCUT2D eigenvalue weighted by atomic mass is 10.0. The van der Waals surface area contributed by atoms with Crippen molar-refractivity contribution < 1.29 is 24.5 Å². The summed E-state index contributed by atoms with van der Waals surface area (Å²) in [6, 6.07) is -0.558. The summed E-state index contributed by atoms with van der Waals surface area (Å²) >= 11 is 0. The number of ether oxygens (including phenoxy) is 1. The molecule has 0 fully saturated rings. The minimum atomic E-state index is -0.678. The van der Waals surface area contributed by atoms with E-state index in [2.05, 4.69) is 43.5 Å². The molecule has 0 saturated heterocycles. The van der Waals surface area contributed by atoms with Gasteiger partial charge in [-0.2, -0.15) is 0 Å². The highest BCUT2D eigenvalue weighted by Gasteiger charge is 2.20. The number of rotatable bonds is 42. The van der Waals surface area contributed by atoms with Gasteiger partial charge in [0.25, 0.3) is 0 Å².